The van der Waals surface area contributed by atoms with E-state index in [1.165, 1.54) is 64.7 Å². The first kappa shape index (κ1) is 22.4. The molecule has 0 aromatic heterocycles. The van der Waals surface area contributed by atoms with Gasteiger partial charge in [-0.2, -0.15) is 0 Å². The number of carboxylic acid groups (broad SMARTS) is 1. The SMILES string of the molecule is CC(O)C(C(=O)O)N1CCNC1.CCCCCCCCCCC. The molecular formula is C18H38N2O3. The fourth-order valence-electron chi connectivity index (χ4n) is 2.81. The molecule has 5 heteroatoms. The molecule has 2 atom stereocenters. The monoisotopic (exact) mass is 330 g/mol. The average Bonchev–Trinajstić information content (AvgIpc) is 3.00. The molecule has 0 radical (unpaired) electrons. The molecule has 1 rings (SSSR count). The van der Waals surface area contributed by atoms with E-state index in [9.17, 15) is 9.90 Å². The van der Waals surface area contributed by atoms with Gasteiger partial charge in [0, 0.05) is 19.8 Å². The normalized spacial score (nSPS) is 17.4. The highest BCUT2D eigenvalue weighted by molar-refractivity contribution is 5.74. The lowest BCUT2D eigenvalue weighted by Gasteiger charge is -2.24. The van der Waals surface area contributed by atoms with Crippen molar-refractivity contribution in [2.24, 2.45) is 0 Å². The highest BCUT2D eigenvalue weighted by Gasteiger charge is 2.31. The van der Waals surface area contributed by atoms with Crippen molar-refractivity contribution in [2.75, 3.05) is 19.8 Å². The van der Waals surface area contributed by atoms with Crippen LogP contribution in [0.25, 0.3) is 0 Å². The lowest BCUT2D eigenvalue weighted by molar-refractivity contribution is -0.146. The molecule has 1 fully saturated rings. The zero-order valence-corrected chi connectivity index (χ0v) is 15.4. The summed E-state index contributed by atoms with van der Waals surface area (Å²) in [7, 11) is 0. The number of carbonyl (C=O) groups is 1. The molecule has 0 aromatic carbocycles. The topological polar surface area (TPSA) is 72.8 Å². The molecule has 0 aromatic rings. The number of rotatable bonds is 11. The smallest absolute Gasteiger partial charge is 0.323 e. The van der Waals surface area contributed by atoms with Gasteiger partial charge < -0.3 is 15.5 Å². The molecule has 0 spiro atoms. The fourth-order valence-corrected chi connectivity index (χ4v) is 2.81. The summed E-state index contributed by atoms with van der Waals surface area (Å²) in [6.07, 6.45) is 12.1. The molecule has 1 aliphatic heterocycles. The van der Waals surface area contributed by atoms with Gasteiger partial charge in [0.1, 0.15) is 6.04 Å². The number of unbranched alkanes of at least 4 members (excludes halogenated alkanes) is 8. The van der Waals surface area contributed by atoms with Crippen LogP contribution in [0.5, 0.6) is 0 Å². The number of nitrogens with one attached hydrogen (secondary N) is 1. The van der Waals surface area contributed by atoms with E-state index in [0.29, 0.717) is 13.2 Å². The third-order valence-electron chi connectivity index (χ3n) is 4.20. The number of hydrogen-bond acceptors (Lipinski definition) is 4. The Balaban J connectivity index is 0.000000423. The van der Waals surface area contributed by atoms with Crippen molar-refractivity contribution in [1.82, 2.24) is 10.2 Å². The van der Waals surface area contributed by atoms with E-state index in [4.69, 9.17) is 5.11 Å². The Bertz CT molecular complexity index is 271. The third-order valence-corrected chi connectivity index (χ3v) is 4.20. The minimum absolute atomic E-state index is 0.544. The zero-order chi connectivity index (χ0) is 17.5. The van der Waals surface area contributed by atoms with Crippen molar-refractivity contribution >= 4 is 5.97 Å². The minimum atomic E-state index is -0.964. The van der Waals surface area contributed by atoms with Gasteiger partial charge in [-0.25, -0.2) is 0 Å². The second-order valence-corrected chi connectivity index (χ2v) is 6.47. The molecule has 5 nitrogen and oxygen atoms in total. The highest BCUT2D eigenvalue weighted by Crippen LogP contribution is 2.09. The van der Waals surface area contributed by atoms with Gasteiger partial charge in [-0.05, 0) is 6.92 Å². The van der Waals surface area contributed by atoms with Crippen LogP contribution in [0.1, 0.15) is 78.6 Å². The number of aliphatic hydroxyl groups is 1. The van der Waals surface area contributed by atoms with Gasteiger partial charge in [-0.3, -0.25) is 9.69 Å². The molecule has 1 aliphatic rings. The highest BCUT2D eigenvalue weighted by atomic mass is 16.4. The van der Waals surface area contributed by atoms with Crippen LogP contribution < -0.4 is 5.32 Å². The molecule has 1 heterocycles. The Kier molecular flexibility index (Phi) is 14.5. The number of aliphatic hydroxyl groups excluding tert-OH is 1. The molecule has 3 N–H and O–H groups in total. The van der Waals surface area contributed by atoms with Crippen LogP contribution in [0.4, 0.5) is 0 Å². The van der Waals surface area contributed by atoms with E-state index in [-0.39, 0.29) is 0 Å². The van der Waals surface area contributed by atoms with Crippen LogP contribution in [-0.4, -0.2) is 53.0 Å². The van der Waals surface area contributed by atoms with Crippen molar-refractivity contribution in [3.05, 3.63) is 0 Å². The Hall–Kier alpha value is -0.650. The second kappa shape index (κ2) is 14.9. The van der Waals surface area contributed by atoms with Gasteiger partial charge in [-0.1, -0.05) is 71.6 Å². The predicted octanol–water partition coefficient (Wildman–Crippen LogP) is 3.22. The number of carboxylic acids is 1. The van der Waals surface area contributed by atoms with Crippen LogP contribution in [-0.2, 0) is 4.79 Å². The third kappa shape index (κ3) is 11.5. The first-order chi connectivity index (χ1) is 11.0. The minimum Gasteiger partial charge on any atom is -0.480 e. The molecule has 23 heavy (non-hydrogen) atoms. The van der Waals surface area contributed by atoms with Crippen molar-refractivity contribution in [1.29, 1.82) is 0 Å². The van der Waals surface area contributed by atoms with E-state index >= 15 is 0 Å². The van der Waals surface area contributed by atoms with Crippen LogP contribution in [0.3, 0.4) is 0 Å². The largest absolute Gasteiger partial charge is 0.480 e. The zero-order valence-electron chi connectivity index (χ0n) is 15.4. The first-order valence-corrected chi connectivity index (χ1v) is 9.40. The predicted molar refractivity (Wildman–Crippen MR) is 95.6 cm³/mol. The summed E-state index contributed by atoms with van der Waals surface area (Å²) in [5, 5.41) is 21.0. The first-order valence-electron chi connectivity index (χ1n) is 9.40. The lowest BCUT2D eigenvalue weighted by atomic mass is 10.1. The maximum atomic E-state index is 10.7. The molecule has 1 saturated heterocycles. The maximum Gasteiger partial charge on any atom is 0.323 e. The molecule has 0 aliphatic carbocycles. The lowest BCUT2D eigenvalue weighted by Crippen LogP contribution is -2.47. The van der Waals surface area contributed by atoms with Gasteiger partial charge in [0.15, 0.2) is 0 Å². The van der Waals surface area contributed by atoms with Crippen molar-refractivity contribution in [3.8, 4) is 0 Å². The second-order valence-electron chi connectivity index (χ2n) is 6.47. The van der Waals surface area contributed by atoms with Gasteiger partial charge in [0.05, 0.1) is 6.10 Å². The Morgan fingerprint density at radius 1 is 1.04 bits per heavy atom. The molecule has 0 amide bonds. The van der Waals surface area contributed by atoms with Crippen LogP contribution in [0, 0.1) is 0 Å². The summed E-state index contributed by atoms with van der Waals surface area (Å²) < 4.78 is 0. The summed E-state index contributed by atoms with van der Waals surface area (Å²) in [4.78, 5) is 12.4. The van der Waals surface area contributed by atoms with Gasteiger partial charge in [-0.15, -0.1) is 0 Å². The Morgan fingerprint density at radius 2 is 1.52 bits per heavy atom. The number of hydrogen-bond donors (Lipinski definition) is 3. The molecule has 138 valence electrons. The molecular weight excluding hydrogens is 292 g/mol. The van der Waals surface area contributed by atoms with Gasteiger partial charge >= 0.3 is 5.97 Å². The molecule has 2 unspecified atom stereocenters. The van der Waals surface area contributed by atoms with Gasteiger partial charge in [0.25, 0.3) is 0 Å². The summed E-state index contributed by atoms with van der Waals surface area (Å²) in [5.41, 5.74) is 0. The maximum absolute atomic E-state index is 10.7. The van der Waals surface area contributed by atoms with Crippen LogP contribution in [0.2, 0.25) is 0 Å². The van der Waals surface area contributed by atoms with Crippen LogP contribution >= 0.6 is 0 Å². The number of nitrogens with zero attached hydrogens (tertiary/aromatic N) is 1. The summed E-state index contributed by atoms with van der Waals surface area (Å²) in [5.74, 6) is -0.964. The van der Waals surface area contributed by atoms with Crippen molar-refractivity contribution in [2.45, 2.75) is 90.7 Å². The summed E-state index contributed by atoms with van der Waals surface area (Å²) in [6.45, 7) is 8.06. The van der Waals surface area contributed by atoms with Crippen molar-refractivity contribution < 1.29 is 15.0 Å². The van der Waals surface area contributed by atoms with E-state index in [2.05, 4.69) is 19.2 Å². The molecule has 0 bridgehead atoms. The Labute approximate surface area is 142 Å². The van der Waals surface area contributed by atoms with Crippen molar-refractivity contribution in [3.63, 3.8) is 0 Å². The number of aliphatic carboxylic acids is 1. The quantitative estimate of drug-likeness (QED) is 0.507. The van der Waals surface area contributed by atoms with Gasteiger partial charge in [0.2, 0.25) is 0 Å². The average molecular weight is 331 g/mol. The molecule has 0 saturated carbocycles. The van der Waals surface area contributed by atoms with E-state index in [1.807, 2.05) is 0 Å². The standard InChI is InChI=1S/C11H24.C7H14N2O3/c1-3-5-7-9-11-10-8-6-4-2;1-5(10)6(7(11)12)9-3-2-8-4-9/h3-11H2,1-2H3;5-6,8,10H,2-4H2,1H3,(H,11,12). The summed E-state index contributed by atoms with van der Waals surface area (Å²) in [6, 6.07) is -0.778. The van der Waals surface area contributed by atoms with E-state index in [0.717, 1.165) is 6.54 Å². The summed E-state index contributed by atoms with van der Waals surface area (Å²) >= 11 is 0. The fraction of sp³-hybridized carbons (Fsp3) is 0.944. The Morgan fingerprint density at radius 3 is 1.83 bits per heavy atom. The van der Waals surface area contributed by atoms with Crippen LogP contribution in [0.15, 0.2) is 0 Å². The van der Waals surface area contributed by atoms with E-state index in [1.54, 1.807) is 4.90 Å². The van der Waals surface area contributed by atoms with E-state index < -0.39 is 18.1 Å².